The SMILES string of the molecule is CCOc1ccc2c(c1)NC(=O)/C2=C/c1ccccc1N(C)c1ccccc1. The summed E-state index contributed by atoms with van der Waals surface area (Å²) in [6.07, 6.45) is 1.95. The molecule has 0 aliphatic carbocycles. The predicted molar refractivity (Wildman–Crippen MR) is 115 cm³/mol. The van der Waals surface area contributed by atoms with E-state index in [1.54, 1.807) is 0 Å². The van der Waals surface area contributed by atoms with Gasteiger partial charge < -0.3 is 15.0 Å². The summed E-state index contributed by atoms with van der Waals surface area (Å²) in [4.78, 5) is 14.7. The molecule has 3 aromatic rings. The Kier molecular flexibility index (Phi) is 4.85. The molecule has 0 bridgehead atoms. The molecule has 4 heteroatoms. The summed E-state index contributed by atoms with van der Waals surface area (Å²) < 4.78 is 5.54. The molecular formula is C24H22N2O2. The van der Waals surface area contributed by atoms with Gasteiger partial charge in [0.05, 0.1) is 12.3 Å². The van der Waals surface area contributed by atoms with E-state index in [0.717, 1.165) is 33.9 Å². The minimum atomic E-state index is -0.0965. The fourth-order valence-electron chi connectivity index (χ4n) is 3.43. The molecule has 0 radical (unpaired) electrons. The van der Waals surface area contributed by atoms with E-state index in [-0.39, 0.29) is 5.91 Å². The van der Waals surface area contributed by atoms with Crippen molar-refractivity contribution >= 4 is 34.6 Å². The molecule has 0 spiro atoms. The number of nitrogens with one attached hydrogen (secondary N) is 1. The van der Waals surface area contributed by atoms with Gasteiger partial charge in [0, 0.05) is 35.6 Å². The van der Waals surface area contributed by atoms with Crippen molar-refractivity contribution in [3.05, 3.63) is 83.9 Å². The van der Waals surface area contributed by atoms with E-state index >= 15 is 0 Å². The number of rotatable bonds is 5. The third kappa shape index (κ3) is 3.37. The molecule has 4 nitrogen and oxygen atoms in total. The summed E-state index contributed by atoms with van der Waals surface area (Å²) in [5, 5.41) is 2.95. The Morgan fingerprint density at radius 2 is 1.75 bits per heavy atom. The Hall–Kier alpha value is -3.53. The molecule has 1 amide bonds. The molecule has 1 N–H and O–H groups in total. The maximum Gasteiger partial charge on any atom is 0.256 e. The molecule has 140 valence electrons. The van der Waals surface area contributed by atoms with Crippen molar-refractivity contribution in [3.63, 3.8) is 0 Å². The first-order valence-electron chi connectivity index (χ1n) is 9.35. The van der Waals surface area contributed by atoms with Crippen molar-refractivity contribution in [1.82, 2.24) is 0 Å². The van der Waals surface area contributed by atoms with E-state index in [1.807, 2.05) is 74.6 Å². The second-order valence-corrected chi connectivity index (χ2v) is 6.61. The van der Waals surface area contributed by atoms with Crippen LogP contribution in [0.15, 0.2) is 72.8 Å². The number of fused-ring (bicyclic) bond motifs is 1. The van der Waals surface area contributed by atoms with Crippen LogP contribution >= 0.6 is 0 Å². The Balaban J connectivity index is 1.74. The molecule has 0 saturated carbocycles. The molecule has 1 aliphatic heterocycles. The van der Waals surface area contributed by atoms with E-state index < -0.39 is 0 Å². The smallest absolute Gasteiger partial charge is 0.256 e. The lowest BCUT2D eigenvalue weighted by atomic mass is 10.0. The molecule has 3 aromatic carbocycles. The van der Waals surface area contributed by atoms with Crippen molar-refractivity contribution < 1.29 is 9.53 Å². The number of anilines is 3. The van der Waals surface area contributed by atoms with E-state index in [0.29, 0.717) is 12.2 Å². The van der Waals surface area contributed by atoms with Crippen molar-refractivity contribution in [2.45, 2.75) is 6.92 Å². The topological polar surface area (TPSA) is 41.6 Å². The Bertz CT molecular complexity index is 1040. The van der Waals surface area contributed by atoms with Gasteiger partial charge in [-0.25, -0.2) is 0 Å². The lowest BCUT2D eigenvalue weighted by molar-refractivity contribution is -0.110. The fraction of sp³-hybridized carbons (Fsp3) is 0.125. The van der Waals surface area contributed by atoms with Crippen molar-refractivity contribution in [2.24, 2.45) is 0 Å². The summed E-state index contributed by atoms with van der Waals surface area (Å²) >= 11 is 0. The van der Waals surface area contributed by atoms with Crippen LogP contribution in [0.1, 0.15) is 18.1 Å². The summed E-state index contributed by atoms with van der Waals surface area (Å²) in [6.45, 7) is 2.53. The number of hydrogen-bond acceptors (Lipinski definition) is 3. The number of hydrogen-bond donors (Lipinski definition) is 1. The highest BCUT2D eigenvalue weighted by Gasteiger charge is 2.25. The van der Waals surface area contributed by atoms with Gasteiger partial charge in [-0.1, -0.05) is 36.4 Å². The standard InChI is InChI=1S/C24H22N2O2/c1-3-28-19-13-14-20-21(24(27)25-22(20)16-19)15-17-9-7-8-12-23(17)26(2)18-10-5-4-6-11-18/h4-16H,3H2,1-2H3,(H,25,27)/b21-15+. The van der Waals surface area contributed by atoms with Gasteiger partial charge in [0.25, 0.3) is 5.91 Å². The Morgan fingerprint density at radius 3 is 2.54 bits per heavy atom. The van der Waals surface area contributed by atoms with Crippen LogP contribution < -0.4 is 15.0 Å². The zero-order chi connectivity index (χ0) is 19.5. The second-order valence-electron chi connectivity index (χ2n) is 6.61. The van der Waals surface area contributed by atoms with Crippen LogP contribution in [0.4, 0.5) is 17.1 Å². The van der Waals surface area contributed by atoms with E-state index in [2.05, 4.69) is 28.4 Å². The third-order valence-electron chi connectivity index (χ3n) is 4.83. The highest BCUT2D eigenvalue weighted by atomic mass is 16.5. The van der Waals surface area contributed by atoms with Crippen molar-refractivity contribution in [2.75, 3.05) is 23.9 Å². The molecule has 1 heterocycles. The van der Waals surface area contributed by atoms with Gasteiger partial charge in [0.2, 0.25) is 0 Å². The molecule has 1 aliphatic rings. The lowest BCUT2D eigenvalue weighted by Crippen LogP contribution is -2.11. The van der Waals surface area contributed by atoms with E-state index in [9.17, 15) is 4.79 Å². The molecule has 0 atom stereocenters. The number of benzene rings is 3. The molecule has 28 heavy (non-hydrogen) atoms. The van der Waals surface area contributed by atoms with Gasteiger partial charge >= 0.3 is 0 Å². The molecule has 0 unspecified atom stereocenters. The fourth-order valence-corrected chi connectivity index (χ4v) is 3.43. The van der Waals surface area contributed by atoms with Gasteiger partial charge in [-0.15, -0.1) is 0 Å². The Labute approximate surface area is 165 Å². The summed E-state index contributed by atoms with van der Waals surface area (Å²) in [5.41, 5.74) is 5.45. The zero-order valence-electron chi connectivity index (χ0n) is 16.0. The van der Waals surface area contributed by atoms with Gasteiger partial charge in [0.1, 0.15) is 5.75 Å². The Morgan fingerprint density at radius 1 is 1.00 bits per heavy atom. The second kappa shape index (κ2) is 7.61. The maximum absolute atomic E-state index is 12.6. The highest BCUT2D eigenvalue weighted by Crippen LogP contribution is 2.37. The van der Waals surface area contributed by atoms with Gasteiger partial charge in [-0.05, 0) is 48.9 Å². The third-order valence-corrected chi connectivity index (χ3v) is 4.83. The number of carbonyl (C=O) groups is 1. The largest absolute Gasteiger partial charge is 0.494 e. The zero-order valence-corrected chi connectivity index (χ0v) is 16.0. The average Bonchev–Trinajstić information content (AvgIpc) is 3.03. The average molecular weight is 370 g/mol. The minimum absolute atomic E-state index is 0.0965. The van der Waals surface area contributed by atoms with Crippen LogP contribution in [0.25, 0.3) is 11.6 Å². The molecule has 0 aromatic heterocycles. The minimum Gasteiger partial charge on any atom is -0.494 e. The normalized spacial score (nSPS) is 13.9. The van der Waals surface area contributed by atoms with Gasteiger partial charge in [-0.3, -0.25) is 4.79 Å². The van der Waals surface area contributed by atoms with Crippen molar-refractivity contribution in [1.29, 1.82) is 0 Å². The molecule has 0 saturated heterocycles. The number of nitrogens with zero attached hydrogens (tertiary/aromatic N) is 1. The number of ether oxygens (including phenoxy) is 1. The summed E-state index contributed by atoms with van der Waals surface area (Å²) in [5.74, 6) is 0.660. The first kappa shape index (κ1) is 17.9. The van der Waals surface area contributed by atoms with Crippen LogP contribution in [-0.4, -0.2) is 19.6 Å². The number of carbonyl (C=O) groups excluding carboxylic acids is 1. The number of para-hydroxylation sites is 2. The van der Waals surface area contributed by atoms with E-state index in [1.165, 1.54) is 0 Å². The van der Waals surface area contributed by atoms with Crippen molar-refractivity contribution in [3.8, 4) is 5.75 Å². The van der Waals surface area contributed by atoms with Gasteiger partial charge in [-0.2, -0.15) is 0 Å². The first-order chi connectivity index (χ1) is 13.7. The monoisotopic (exact) mass is 370 g/mol. The predicted octanol–water partition coefficient (Wildman–Crippen LogP) is 5.35. The van der Waals surface area contributed by atoms with Crippen LogP contribution in [0.2, 0.25) is 0 Å². The van der Waals surface area contributed by atoms with Crippen LogP contribution in [0.5, 0.6) is 5.75 Å². The summed E-state index contributed by atoms with van der Waals surface area (Å²) in [7, 11) is 2.03. The lowest BCUT2D eigenvalue weighted by Gasteiger charge is -2.21. The van der Waals surface area contributed by atoms with Crippen LogP contribution in [0, 0.1) is 0 Å². The van der Waals surface area contributed by atoms with Crippen LogP contribution in [0.3, 0.4) is 0 Å². The van der Waals surface area contributed by atoms with Crippen LogP contribution in [-0.2, 0) is 4.79 Å². The molecular weight excluding hydrogens is 348 g/mol. The number of amides is 1. The molecule has 0 fully saturated rings. The van der Waals surface area contributed by atoms with Gasteiger partial charge in [0.15, 0.2) is 0 Å². The maximum atomic E-state index is 12.6. The quantitative estimate of drug-likeness (QED) is 0.616. The first-order valence-corrected chi connectivity index (χ1v) is 9.35. The summed E-state index contributed by atoms with van der Waals surface area (Å²) in [6, 6.07) is 24.0. The molecule has 4 rings (SSSR count). The highest BCUT2D eigenvalue weighted by molar-refractivity contribution is 6.35. The van der Waals surface area contributed by atoms with E-state index in [4.69, 9.17) is 4.74 Å².